The minimum Gasteiger partial charge on any atom is -0.351 e. The number of rotatable bonds is 7. The first kappa shape index (κ1) is 18.3. The summed E-state index contributed by atoms with van der Waals surface area (Å²) in [4.78, 5) is 12.2. The highest BCUT2D eigenvalue weighted by Gasteiger charge is 2.17. The van der Waals surface area contributed by atoms with Crippen molar-refractivity contribution >= 4 is 39.8 Å². The van der Waals surface area contributed by atoms with Crippen LogP contribution < -0.4 is 10.6 Å². The highest BCUT2D eigenvalue weighted by atomic mass is 32.2. The van der Waals surface area contributed by atoms with E-state index in [2.05, 4.69) is 20.8 Å². The Labute approximate surface area is 159 Å². The Kier molecular flexibility index (Phi) is 6.19. The van der Waals surface area contributed by atoms with Crippen LogP contribution in [-0.4, -0.2) is 21.4 Å². The molecule has 1 amide bonds. The van der Waals surface area contributed by atoms with Crippen molar-refractivity contribution in [2.75, 3.05) is 5.32 Å². The van der Waals surface area contributed by atoms with Gasteiger partial charge in [0.2, 0.25) is 11.0 Å². The molecule has 0 saturated heterocycles. The molecule has 0 aliphatic rings. The van der Waals surface area contributed by atoms with Gasteiger partial charge in [0, 0.05) is 12.2 Å². The molecular weight excluding hydrogens is 371 g/mol. The standard InChI is InChI=1S/C18H17FN4OS2/c1-12(16(24)20-11-13-7-9-14(19)10-8-13)25-18-23-22-17(26-18)21-15-5-3-2-4-6-15/h2-10,12H,11H2,1H3,(H,20,24)(H,21,22)/t12-/m0/s1. The normalized spacial score (nSPS) is 11.8. The van der Waals surface area contributed by atoms with Crippen molar-refractivity contribution in [2.24, 2.45) is 0 Å². The van der Waals surface area contributed by atoms with Crippen molar-refractivity contribution in [2.45, 2.75) is 23.1 Å². The summed E-state index contributed by atoms with van der Waals surface area (Å²) in [5.74, 6) is -0.396. The van der Waals surface area contributed by atoms with E-state index in [-0.39, 0.29) is 17.0 Å². The van der Waals surface area contributed by atoms with E-state index < -0.39 is 0 Å². The van der Waals surface area contributed by atoms with Crippen molar-refractivity contribution in [3.8, 4) is 0 Å². The van der Waals surface area contributed by atoms with Gasteiger partial charge in [0.25, 0.3) is 0 Å². The molecule has 0 fully saturated rings. The Hall–Kier alpha value is -2.45. The van der Waals surface area contributed by atoms with E-state index in [4.69, 9.17) is 0 Å². The molecule has 2 N–H and O–H groups in total. The molecule has 0 aliphatic carbocycles. The Morgan fingerprint density at radius 1 is 1.15 bits per heavy atom. The average molecular weight is 388 g/mol. The summed E-state index contributed by atoms with van der Waals surface area (Å²) in [7, 11) is 0. The molecule has 0 unspecified atom stereocenters. The Morgan fingerprint density at radius 3 is 2.62 bits per heavy atom. The van der Waals surface area contributed by atoms with E-state index in [1.165, 1.54) is 35.2 Å². The summed E-state index contributed by atoms with van der Waals surface area (Å²) < 4.78 is 13.6. The lowest BCUT2D eigenvalue weighted by atomic mass is 10.2. The summed E-state index contributed by atoms with van der Waals surface area (Å²) >= 11 is 2.75. The quantitative estimate of drug-likeness (QED) is 0.593. The molecule has 0 spiro atoms. The Bertz CT molecular complexity index is 855. The van der Waals surface area contributed by atoms with E-state index in [1.54, 1.807) is 12.1 Å². The van der Waals surface area contributed by atoms with Crippen LogP contribution >= 0.6 is 23.1 Å². The van der Waals surface area contributed by atoms with Gasteiger partial charge < -0.3 is 10.6 Å². The van der Waals surface area contributed by atoms with Gasteiger partial charge in [0.1, 0.15) is 5.82 Å². The first-order valence-electron chi connectivity index (χ1n) is 7.94. The van der Waals surface area contributed by atoms with Crippen LogP contribution in [0, 0.1) is 5.82 Å². The van der Waals surface area contributed by atoms with Crippen LogP contribution in [0.5, 0.6) is 0 Å². The molecule has 2 aromatic carbocycles. The average Bonchev–Trinajstić information content (AvgIpc) is 3.08. The third-order valence-corrected chi connectivity index (χ3v) is 5.48. The fraction of sp³-hybridized carbons (Fsp3) is 0.167. The maximum atomic E-state index is 12.9. The summed E-state index contributed by atoms with van der Waals surface area (Å²) in [6.07, 6.45) is 0. The molecule has 1 heterocycles. The molecule has 0 aliphatic heterocycles. The van der Waals surface area contributed by atoms with Crippen molar-refractivity contribution < 1.29 is 9.18 Å². The number of nitrogens with one attached hydrogen (secondary N) is 2. The zero-order valence-electron chi connectivity index (χ0n) is 14.0. The predicted octanol–water partition coefficient (Wildman–Crippen LogP) is 4.22. The first-order valence-corrected chi connectivity index (χ1v) is 9.64. The third-order valence-electron chi connectivity index (χ3n) is 3.46. The zero-order chi connectivity index (χ0) is 18.4. The number of thioether (sulfide) groups is 1. The first-order chi connectivity index (χ1) is 12.6. The summed E-state index contributed by atoms with van der Waals surface area (Å²) in [5.41, 5.74) is 1.78. The predicted molar refractivity (Wildman–Crippen MR) is 103 cm³/mol. The second kappa shape index (κ2) is 8.77. The minimum atomic E-state index is -0.312. The number of para-hydroxylation sites is 1. The third kappa shape index (κ3) is 5.27. The van der Waals surface area contributed by atoms with Crippen molar-refractivity contribution in [1.82, 2.24) is 15.5 Å². The number of hydrogen-bond donors (Lipinski definition) is 2. The fourth-order valence-corrected chi connectivity index (χ4v) is 4.03. The van der Waals surface area contributed by atoms with E-state index in [9.17, 15) is 9.18 Å². The molecule has 1 atom stereocenters. The van der Waals surface area contributed by atoms with Gasteiger partial charge >= 0.3 is 0 Å². The second-order valence-corrected chi connectivity index (χ2v) is 8.03. The largest absolute Gasteiger partial charge is 0.351 e. The minimum absolute atomic E-state index is 0.105. The number of aromatic nitrogens is 2. The van der Waals surface area contributed by atoms with E-state index in [0.717, 1.165) is 11.3 Å². The van der Waals surface area contributed by atoms with Gasteiger partial charge in [-0.05, 0) is 36.8 Å². The monoisotopic (exact) mass is 388 g/mol. The maximum absolute atomic E-state index is 12.9. The SMILES string of the molecule is C[C@H](Sc1nnc(Nc2ccccc2)s1)C(=O)NCc1ccc(F)cc1. The van der Waals surface area contributed by atoms with Gasteiger partial charge in [0.05, 0.1) is 5.25 Å². The van der Waals surface area contributed by atoms with E-state index in [1.807, 2.05) is 37.3 Å². The smallest absolute Gasteiger partial charge is 0.233 e. The molecule has 0 bridgehead atoms. The van der Waals surface area contributed by atoms with Crippen LogP contribution in [0.15, 0.2) is 58.9 Å². The number of nitrogens with zero attached hydrogens (tertiary/aromatic N) is 2. The number of amides is 1. The summed E-state index contributed by atoms with van der Waals surface area (Å²) in [6.45, 7) is 2.18. The molecule has 3 rings (SSSR count). The van der Waals surface area contributed by atoms with Crippen molar-refractivity contribution in [3.63, 3.8) is 0 Å². The van der Waals surface area contributed by atoms with Crippen LogP contribution in [0.3, 0.4) is 0 Å². The molecule has 0 radical (unpaired) electrons. The Morgan fingerprint density at radius 2 is 1.88 bits per heavy atom. The molecule has 1 aromatic heterocycles. The van der Waals surface area contributed by atoms with Crippen LogP contribution in [0.25, 0.3) is 0 Å². The molecular formula is C18H17FN4OS2. The maximum Gasteiger partial charge on any atom is 0.233 e. The Balaban J connectivity index is 1.50. The van der Waals surface area contributed by atoms with Gasteiger partial charge in [-0.15, -0.1) is 10.2 Å². The topological polar surface area (TPSA) is 66.9 Å². The highest BCUT2D eigenvalue weighted by molar-refractivity contribution is 8.02. The molecule has 0 saturated carbocycles. The lowest BCUT2D eigenvalue weighted by Crippen LogP contribution is -2.30. The van der Waals surface area contributed by atoms with Gasteiger partial charge in [-0.2, -0.15) is 0 Å². The lowest BCUT2D eigenvalue weighted by molar-refractivity contribution is -0.120. The number of carbonyl (C=O) groups excluding carboxylic acids is 1. The highest BCUT2D eigenvalue weighted by Crippen LogP contribution is 2.30. The summed E-state index contributed by atoms with van der Waals surface area (Å²) in [5, 5.41) is 14.6. The molecule has 134 valence electrons. The number of carbonyl (C=O) groups is 1. The fourth-order valence-electron chi connectivity index (χ4n) is 2.09. The molecule has 8 heteroatoms. The number of halogens is 1. The number of hydrogen-bond acceptors (Lipinski definition) is 6. The molecule has 3 aromatic rings. The van der Waals surface area contributed by atoms with Crippen LogP contribution in [0.4, 0.5) is 15.2 Å². The van der Waals surface area contributed by atoms with E-state index >= 15 is 0 Å². The molecule has 26 heavy (non-hydrogen) atoms. The van der Waals surface area contributed by atoms with E-state index in [0.29, 0.717) is 16.0 Å². The van der Waals surface area contributed by atoms with Gasteiger partial charge in [0.15, 0.2) is 4.34 Å². The second-order valence-electron chi connectivity index (χ2n) is 5.47. The van der Waals surface area contributed by atoms with Gasteiger partial charge in [-0.25, -0.2) is 4.39 Å². The van der Waals surface area contributed by atoms with Gasteiger partial charge in [-0.1, -0.05) is 53.4 Å². The number of anilines is 2. The van der Waals surface area contributed by atoms with Crippen LogP contribution in [0.1, 0.15) is 12.5 Å². The summed E-state index contributed by atoms with van der Waals surface area (Å²) in [6, 6.07) is 15.8. The van der Waals surface area contributed by atoms with Crippen LogP contribution in [-0.2, 0) is 11.3 Å². The van der Waals surface area contributed by atoms with Crippen molar-refractivity contribution in [3.05, 3.63) is 66.0 Å². The molecule has 5 nitrogen and oxygen atoms in total. The zero-order valence-corrected chi connectivity index (χ0v) is 15.6. The lowest BCUT2D eigenvalue weighted by Gasteiger charge is -2.10. The van der Waals surface area contributed by atoms with Crippen molar-refractivity contribution in [1.29, 1.82) is 0 Å². The van der Waals surface area contributed by atoms with Gasteiger partial charge in [-0.3, -0.25) is 4.79 Å². The number of benzene rings is 2. The van der Waals surface area contributed by atoms with Crippen LogP contribution in [0.2, 0.25) is 0 Å².